The molecule has 18 heavy (non-hydrogen) atoms. The van der Waals surface area contributed by atoms with Crippen molar-refractivity contribution in [1.29, 1.82) is 0 Å². The molecule has 0 aliphatic heterocycles. The molecule has 1 N–H and O–H groups in total. The Hall–Kier alpha value is -1.35. The Balaban J connectivity index is 2.40. The Bertz CT molecular complexity index is 445. The number of benzene rings is 1. The van der Waals surface area contributed by atoms with Crippen molar-refractivity contribution in [3.8, 4) is 0 Å². The van der Waals surface area contributed by atoms with Gasteiger partial charge < -0.3 is 4.74 Å². The average molecular weight is 247 g/mol. The molecule has 3 heteroatoms. The number of hydrogen-bond acceptors (Lipinski definition) is 3. The van der Waals surface area contributed by atoms with Gasteiger partial charge >= 0.3 is 5.97 Å². The van der Waals surface area contributed by atoms with Gasteiger partial charge in [0, 0.05) is 6.04 Å². The van der Waals surface area contributed by atoms with E-state index in [1.165, 1.54) is 7.11 Å². The molecule has 0 saturated heterocycles. The van der Waals surface area contributed by atoms with E-state index in [9.17, 15) is 4.79 Å². The highest BCUT2D eigenvalue weighted by molar-refractivity contribution is 5.82. The summed E-state index contributed by atoms with van der Waals surface area (Å²) in [4.78, 5) is 12.1. The third-order valence-corrected chi connectivity index (χ3v) is 3.46. The van der Waals surface area contributed by atoms with Crippen LogP contribution in [-0.2, 0) is 15.1 Å². The molecule has 98 valence electrons. The zero-order chi connectivity index (χ0) is 13.3. The van der Waals surface area contributed by atoms with Gasteiger partial charge in [-0.05, 0) is 39.2 Å². The van der Waals surface area contributed by atoms with Crippen molar-refractivity contribution in [1.82, 2.24) is 5.32 Å². The van der Waals surface area contributed by atoms with Crippen LogP contribution in [0.15, 0.2) is 18.2 Å². The van der Waals surface area contributed by atoms with Gasteiger partial charge in [-0.3, -0.25) is 5.32 Å². The molecule has 1 aromatic carbocycles. The van der Waals surface area contributed by atoms with Gasteiger partial charge in [0.05, 0.1) is 7.11 Å². The zero-order valence-corrected chi connectivity index (χ0v) is 11.5. The normalized spacial score (nSPS) is 18.2. The van der Waals surface area contributed by atoms with E-state index in [-0.39, 0.29) is 5.97 Å². The van der Waals surface area contributed by atoms with E-state index in [1.807, 2.05) is 20.8 Å². The van der Waals surface area contributed by atoms with Crippen LogP contribution in [0, 0.1) is 13.8 Å². The second kappa shape index (κ2) is 4.73. The molecule has 1 aromatic rings. The summed E-state index contributed by atoms with van der Waals surface area (Å²) in [6.07, 6.45) is 2.27. The smallest absolute Gasteiger partial charge is 0.330 e. The fourth-order valence-electron chi connectivity index (χ4n) is 2.36. The average Bonchev–Trinajstić information content (AvgIpc) is 3.10. The van der Waals surface area contributed by atoms with Gasteiger partial charge in [-0.1, -0.05) is 29.3 Å². The van der Waals surface area contributed by atoms with Gasteiger partial charge in [-0.25, -0.2) is 4.79 Å². The first-order valence-corrected chi connectivity index (χ1v) is 6.40. The monoisotopic (exact) mass is 247 g/mol. The van der Waals surface area contributed by atoms with E-state index >= 15 is 0 Å². The van der Waals surface area contributed by atoms with Crippen molar-refractivity contribution in [3.05, 3.63) is 34.9 Å². The summed E-state index contributed by atoms with van der Waals surface area (Å²) in [5.41, 5.74) is 2.57. The minimum Gasteiger partial charge on any atom is -0.467 e. The maximum Gasteiger partial charge on any atom is 0.330 e. The van der Waals surface area contributed by atoms with E-state index in [2.05, 4.69) is 23.5 Å². The van der Waals surface area contributed by atoms with Crippen LogP contribution in [0.1, 0.15) is 36.5 Å². The highest BCUT2D eigenvalue weighted by Crippen LogP contribution is 2.30. The van der Waals surface area contributed by atoms with Crippen LogP contribution in [0.25, 0.3) is 0 Å². The molecule has 0 heterocycles. The third-order valence-electron chi connectivity index (χ3n) is 3.46. The van der Waals surface area contributed by atoms with E-state index in [1.54, 1.807) is 0 Å². The first-order chi connectivity index (χ1) is 8.45. The molecule has 0 radical (unpaired) electrons. The van der Waals surface area contributed by atoms with Crippen molar-refractivity contribution in [2.45, 2.75) is 45.2 Å². The number of esters is 1. The van der Waals surface area contributed by atoms with Gasteiger partial charge in [-0.2, -0.15) is 0 Å². The second-order valence-corrected chi connectivity index (χ2v) is 5.41. The Labute approximate surface area is 109 Å². The summed E-state index contributed by atoms with van der Waals surface area (Å²) in [5, 5.41) is 3.41. The summed E-state index contributed by atoms with van der Waals surface area (Å²) in [6.45, 7) is 6.00. The molecule has 0 bridgehead atoms. The van der Waals surface area contributed by atoms with Crippen molar-refractivity contribution in [2.75, 3.05) is 7.11 Å². The predicted molar refractivity (Wildman–Crippen MR) is 71.4 cm³/mol. The molecule has 1 aliphatic rings. The number of nitrogens with one attached hydrogen (secondary N) is 1. The van der Waals surface area contributed by atoms with E-state index in [4.69, 9.17) is 4.74 Å². The molecule has 1 saturated carbocycles. The highest BCUT2D eigenvalue weighted by Gasteiger charge is 2.41. The Morgan fingerprint density at radius 2 is 1.83 bits per heavy atom. The molecule has 0 amide bonds. The number of aryl methyl sites for hydroxylation is 2. The molecule has 0 spiro atoms. The van der Waals surface area contributed by atoms with Crippen LogP contribution >= 0.6 is 0 Å². The number of hydrogen-bond donors (Lipinski definition) is 1. The quantitative estimate of drug-likeness (QED) is 0.831. The van der Waals surface area contributed by atoms with Crippen LogP contribution in [-0.4, -0.2) is 19.1 Å². The van der Waals surface area contributed by atoms with Crippen LogP contribution in [0.2, 0.25) is 0 Å². The Morgan fingerprint density at radius 1 is 1.28 bits per heavy atom. The lowest BCUT2D eigenvalue weighted by Crippen LogP contribution is -2.48. The Kier molecular flexibility index (Phi) is 3.44. The maximum atomic E-state index is 12.1. The first-order valence-electron chi connectivity index (χ1n) is 6.40. The number of carbonyl (C=O) groups is 1. The van der Waals surface area contributed by atoms with Crippen molar-refractivity contribution < 1.29 is 9.53 Å². The Morgan fingerprint density at radius 3 is 2.28 bits per heavy atom. The largest absolute Gasteiger partial charge is 0.467 e. The van der Waals surface area contributed by atoms with Crippen LogP contribution in [0.5, 0.6) is 0 Å². The standard InChI is InChI=1S/C15H21NO2/c1-10-7-11(2)9-12(8-10)15(3,14(17)18-4)16-13-5-6-13/h7-9,13,16H,5-6H2,1-4H3. The number of carbonyl (C=O) groups excluding carboxylic acids is 1. The molecular formula is C15H21NO2. The molecule has 0 aromatic heterocycles. The van der Waals surface area contributed by atoms with Crippen molar-refractivity contribution in [3.63, 3.8) is 0 Å². The molecular weight excluding hydrogens is 226 g/mol. The van der Waals surface area contributed by atoms with Gasteiger partial charge in [0.15, 0.2) is 0 Å². The van der Waals surface area contributed by atoms with Gasteiger partial charge in [0.25, 0.3) is 0 Å². The molecule has 3 nitrogen and oxygen atoms in total. The molecule has 2 rings (SSSR count). The predicted octanol–water partition coefficient (Wildman–Crippen LogP) is 2.44. The molecule has 1 fully saturated rings. The number of rotatable bonds is 4. The molecule has 1 aliphatic carbocycles. The topological polar surface area (TPSA) is 38.3 Å². The zero-order valence-electron chi connectivity index (χ0n) is 11.5. The fourth-order valence-corrected chi connectivity index (χ4v) is 2.36. The van der Waals surface area contributed by atoms with E-state index in [0.717, 1.165) is 29.5 Å². The SMILES string of the molecule is COC(=O)C(C)(NC1CC1)c1cc(C)cc(C)c1. The van der Waals surface area contributed by atoms with Gasteiger partial charge in [0.1, 0.15) is 5.54 Å². The summed E-state index contributed by atoms with van der Waals surface area (Å²) >= 11 is 0. The minimum absolute atomic E-state index is 0.223. The number of ether oxygens (including phenoxy) is 1. The lowest BCUT2D eigenvalue weighted by molar-refractivity contribution is -0.148. The molecule has 1 atom stereocenters. The molecule has 1 unspecified atom stereocenters. The van der Waals surface area contributed by atoms with Crippen LogP contribution in [0.3, 0.4) is 0 Å². The lowest BCUT2D eigenvalue weighted by atomic mass is 9.89. The highest BCUT2D eigenvalue weighted by atomic mass is 16.5. The summed E-state index contributed by atoms with van der Waals surface area (Å²) in [6, 6.07) is 6.66. The van der Waals surface area contributed by atoms with E-state index < -0.39 is 5.54 Å². The minimum atomic E-state index is -0.743. The first kappa shape index (κ1) is 13.1. The van der Waals surface area contributed by atoms with Crippen LogP contribution in [0.4, 0.5) is 0 Å². The maximum absolute atomic E-state index is 12.1. The lowest BCUT2D eigenvalue weighted by Gasteiger charge is -2.29. The second-order valence-electron chi connectivity index (χ2n) is 5.41. The van der Waals surface area contributed by atoms with Crippen molar-refractivity contribution >= 4 is 5.97 Å². The van der Waals surface area contributed by atoms with Crippen LogP contribution < -0.4 is 5.32 Å². The summed E-state index contributed by atoms with van der Waals surface area (Å²) in [7, 11) is 1.44. The third kappa shape index (κ3) is 2.56. The van der Waals surface area contributed by atoms with E-state index in [0.29, 0.717) is 6.04 Å². The van der Waals surface area contributed by atoms with Crippen molar-refractivity contribution in [2.24, 2.45) is 0 Å². The van der Waals surface area contributed by atoms with Gasteiger partial charge in [0.2, 0.25) is 0 Å². The summed E-state index contributed by atoms with van der Waals surface area (Å²) in [5.74, 6) is -0.223. The fraction of sp³-hybridized carbons (Fsp3) is 0.533. The number of methoxy groups -OCH3 is 1. The van der Waals surface area contributed by atoms with Gasteiger partial charge in [-0.15, -0.1) is 0 Å². The summed E-state index contributed by atoms with van der Waals surface area (Å²) < 4.78 is 4.98.